The van der Waals surface area contributed by atoms with Gasteiger partial charge in [0.25, 0.3) is 0 Å². The number of rotatable bonds is 3. The monoisotopic (exact) mass is 402 g/mol. The molecule has 5 rings (SSSR count). The van der Waals surface area contributed by atoms with Gasteiger partial charge < -0.3 is 4.74 Å². The molecule has 0 saturated heterocycles. The summed E-state index contributed by atoms with van der Waals surface area (Å²) in [6, 6.07) is 25.0. The van der Waals surface area contributed by atoms with Crippen LogP contribution in [0, 0.1) is 0 Å². The maximum Gasteiger partial charge on any atom is 0.123 e. The van der Waals surface area contributed by atoms with Gasteiger partial charge in [-0.05, 0) is 55.3 Å². The minimum Gasteiger partial charge on any atom is -0.487 e. The largest absolute Gasteiger partial charge is 0.487 e. The van der Waals surface area contributed by atoms with Crippen LogP contribution < -0.4 is 15.2 Å². The Morgan fingerprint density at radius 1 is 0.931 bits per heavy atom. The molecule has 0 unspecified atom stereocenters. The van der Waals surface area contributed by atoms with E-state index in [0.29, 0.717) is 0 Å². The Morgan fingerprint density at radius 2 is 1.69 bits per heavy atom. The third kappa shape index (κ3) is 3.47. The molecule has 0 radical (unpaired) electrons. The van der Waals surface area contributed by atoms with E-state index in [2.05, 4.69) is 78.9 Å². The fourth-order valence-corrected chi connectivity index (χ4v) is 4.26. The van der Waals surface area contributed by atoms with Crippen LogP contribution in [0.2, 0.25) is 5.02 Å². The number of ether oxygens (including phenoxy) is 1. The molecule has 0 fully saturated rings. The molecule has 0 atom stereocenters. The van der Waals surface area contributed by atoms with E-state index in [1.807, 2.05) is 18.2 Å². The Bertz CT molecular complexity index is 1090. The minimum atomic E-state index is -0.138. The molecule has 146 valence electrons. The number of fused-ring (bicyclic) bond motifs is 1. The topological polar surface area (TPSA) is 24.5 Å². The van der Waals surface area contributed by atoms with Crippen LogP contribution >= 0.6 is 11.6 Å². The molecule has 0 spiro atoms. The molecule has 2 heterocycles. The summed E-state index contributed by atoms with van der Waals surface area (Å²) in [7, 11) is 0. The normalized spacial score (nSPS) is 17.1. The Labute approximate surface area is 176 Å². The van der Waals surface area contributed by atoms with E-state index >= 15 is 0 Å². The summed E-state index contributed by atoms with van der Waals surface area (Å²) in [5.74, 6) is 0.993. The molecular formula is C25H23ClN2O. The average Bonchev–Trinajstić information content (AvgIpc) is 3.28. The van der Waals surface area contributed by atoms with Crippen molar-refractivity contribution in [3.8, 4) is 5.75 Å². The number of halogens is 1. The molecule has 0 saturated carbocycles. The van der Waals surface area contributed by atoms with Gasteiger partial charge in [0.2, 0.25) is 0 Å². The van der Waals surface area contributed by atoms with Crippen LogP contribution in [-0.2, 0) is 6.42 Å². The second kappa shape index (κ2) is 6.85. The van der Waals surface area contributed by atoms with Crippen LogP contribution in [0.25, 0.3) is 11.3 Å². The molecule has 1 N–H and O–H groups in total. The molecule has 3 nitrogen and oxygen atoms in total. The number of nitrogens with zero attached hydrogens (tertiary/aromatic N) is 1. The lowest BCUT2D eigenvalue weighted by Gasteiger charge is -2.21. The van der Waals surface area contributed by atoms with Crippen molar-refractivity contribution in [2.75, 3.05) is 11.6 Å². The van der Waals surface area contributed by atoms with Gasteiger partial charge in [-0.1, -0.05) is 54.1 Å². The highest BCUT2D eigenvalue weighted by Gasteiger charge is 2.31. The first kappa shape index (κ1) is 18.1. The smallest absolute Gasteiger partial charge is 0.123 e. The first-order valence-electron chi connectivity index (χ1n) is 9.89. The SMILES string of the molecule is CC1(C)Cc2cc(N3CC(c4ccc(Cl)cc4)=C(c4ccccc4)N3)ccc2O1. The predicted molar refractivity (Wildman–Crippen MR) is 120 cm³/mol. The van der Waals surface area contributed by atoms with E-state index in [-0.39, 0.29) is 5.60 Å². The fourth-order valence-electron chi connectivity index (χ4n) is 4.13. The summed E-state index contributed by atoms with van der Waals surface area (Å²) in [5.41, 5.74) is 10.6. The zero-order valence-electron chi connectivity index (χ0n) is 16.6. The third-order valence-electron chi connectivity index (χ3n) is 5.48. The van der Waals surface area contributed by atoms with E-state index in [0.717, 1.165) is 35.1 Å². The van der Waals surface area contributed by atoms with Crippen molar-refractivity contribution in [3.05, 3.63) is 94.5 Å². The number of hydrazine groups is 1. The maximum absolute atomic E-state index is 6.12. The highest BCUT2D eigenvalue weighted by atomic mass is 35.5. The Morgan fingerprint density at radius 3 is 2.45 bits per heavy atom. The van der Waals surface area contributed by atoms with Gasteiger partial charge in [-0.25, -0.2) is 0 Å². The summed E-state index contributed by atoms with van der Waals surface area (Å²) in [5, 5.41) is 2.96. The number of hydrogen-bond donors (Lipinski definition) is 1. The van der Waals surface area contributed by atoms with Crippen LogP contribution in [0.1, 0.15) is 30.5 Å². The summed E-state index contributed by atoms with van der Waals surface area (Å²) in [6.45, 7) is 5.04. The molecular weight excluding hydrogens is 380 g/mol. The number of nitrogens with one attached hydrogen (secondary N) is 1. The minimum absolute atomic E-state index is 0.138. The molecule has 0 amide bonds. The molecule has 2 aliphatic heterocycles. The molecule has 29 heavy (non-hydrogen) atoms. The fraction of sp³-hybridized carbons (Fsp3) is 0.200. The van der Waals surface area contributed by atoms with E-state index in [4.69, 9.17) is 16.3 Å². The first-order chi connectivity index (χ1) is 14.0. The number of anilines is 1. The van der Waals surface area contributed by atoms with Gasteiger partial charge in [-0.15, -0.1) is 0 Å². The van der Waals surface area contributed by atoms with Crippen molar-refractivity contribution in [2.45, 2.75) is 25.9 Å². The Balaban J connectivity index is 1.51. The van der Waals surface area contributed by atoms with Crippen molar-refractivity contribution >= 4 is 28.6 Å². The Hall–Kier alpha value is -2.91. The summed E-state index contributed by atoms with van der Waals surface area (Å²) in [6.07, 6.45) is 0.924. The van der Waals surface area contributed by atoms with Crippen molar-refractivity contribution in [1.29, 1.82) is 0 Å². The maximum atomic E-state index is 6.12. The van der Waals surface area contributed by atoms with Gasteiger partial charge in [0.1, 0.15) is 11.4 Å². The number of benzene rings is 3. The van der Waals surface area contributed by atoms with Crippen LogP contribution in [0.15, 0.2) is 72.8 Å². The van der Waals surface area contributed by atoms with Crippen LogP contribution in [0.5, 0.6) is 5.75 Å². The van der Waals surface area contributed by atoms with Crippen molar-refractivity contribution in [3.63, 3.8) is 0 Å². The van der Waals surface area contributed by atoms with Gasteiger partial charge in [0, 0.05) is 22.6 Å². The molecule has 0 aliphatic carbocycles. The molecule has 0 bridgehead atoms. The standard InChI is InChI=1S/C25H23ClN2O/c1-25(2)15-19-14-21(12-13-23(19)29-25)28-16-22(17-8-10-20(26)11-9-17)24(27-28)18-6-4-3-5-7-18/h3-14,27H,15-16H2,1-2H3. The lowest BCUT2D eigenvalue weighted by atomic mass is 10.0. The third-order valence-corrected chi connectivity index (χ3v) is 5.73. The quantitative estimate of drug-likeness (QED) is 0.586. The van der Waals surface area contributed by atoms with Gasteiger partial charge in [-0.3, -0.25) is 10.4 Å². The van der Waals surface area contributed by atoms with Gasteiger partial charge in [0.15, 0.2) is 0 Å². The van der Waals surface area contributed by atoms with Crippen molar-refractivity contribution in [2.24, 2.45) is 0 Å². The van der Waals surface area contributed by atoms with Crippen LogP contribution in [0.4, 0.5) is 5.69 Å². The lowest BCUT2D eigenvalue weighted by Crippen LogP contribution is -2.31. The zero-order valence-corrected chi connectivity index (χ0v) is 17.3. The van der Waals surface area contributed by atoms with Gasteiger partial charge >= 0.3 is 0 Å². The molecule has 3 aromatic rings. The van der Waals surface area contributed by atoms with Crippen molar-refractivity contribution < 1.29 is 4.74 Å². The first-order valence-corrected chi connectivity index (χ1v) is 10.3. The van der Waals surface area contributed by atoms with E-state index in [1.165, 1.54) is 22.3 Å². The summed E-state index contributed by atoms with van der Waals surface area (Å²) >= 11 is 6.12. The van der Waals surface area contributed by atoms with E-state index in [1.54, 1.807) is 0 Å². The molecule has 2 aliphatic rings. The Kier molecular flexibility index (Phi) is 4.29. The van der Waals surface area contributed by atoms with E-state index in [9.17, 15) is 0 Å². The van der Waals surface area contributed by atoms with Gasteiger partial charge in [-0.2, -0.15) is 0 Å². The highest BCUT2D eigenvalue weighted by molar-refractivity contribution is 6.30. The zero-order chi connectivity index (χ0) is 20.0. The molecule has 3 aromatic carbocycles. The second-order valence-corrected chi connectivity index (χ2v) is 8.69. The highest BCUT2D eigenvalue weighted by Crippen LogP contribution is 2.39. The average molecular weight is 403 g/mol. The second-order valence-electron chi connectivity index (χ2n) is 8.25. The van der Waals surface area contributed by atoms with Gasteiger partial charge in [0.05, 0.1) is 17.9 Å². The van der Waals surface area contributed by atoms with Crippen molar-refractivity contribution in [1.82, 2.24) is 5.43 Å². The lowest BCUT2D eigenvalue weighted by molar-refractivity contribution is 0.138. The molecule has 0 aromatic heterocycles. The predicted octanol–water partition coefficient (Wildman–Crippen LogP) is 5.95. The van der Waals surface area contributed by atoms with E-state index < -0.39 is 0 Å². The van der Waals surface area contributed by atoms with Crippen LogP contribution in [0.3, 0.4) is 0 Å². The molecule has 4 heteroatoms. The summed E-state index contributed by atoms with van der Waals surface area (Å²) < 4.78 is 6.04. The van der Waals surface area contributed by atoms with Crippen LogP contribution in [-0.4, -0.2) is 12.1 Å². The number of hydrogen-bond acceptors (Lipinski definition) is 3. The summed E-state index contributed by atoms with van der Waals surface area (Å²) in [4.78, 5) is 0.